The van der Waals surface area contributed by atoms with Crippen LogP contribution in [-0.4, -0.2) is 52.6 Å². The fraction of sp³-hybridized carbons (Fsp3) is 0.379. The third-order valence-electron chi connectivity index (χ3n) is 7.39. The number of ether oxygens (including phenoxy) is 1. The van der Waals surface area contributed by atoms with Gasteiger partial charge in [0.2, 0.25) is 5.88 Å². The Morgan fingerprint density at radius 1 is 0.956 bits per heavy atom. The Morgan fingerprint density at radius 3 is 2.27 bits per heavy atom. The lowest BCUT2D eigenvalue weighted by Crippen LogP contribution is -2.28. The molecule has 0 spiro atoms. The molecule has 0 amide bonds. The van der Waals surface area contributed by atoms with Crippen molar-refractivity contribution in [2.75, 3.05) is 12.4 Å². The van der Waals surface area contributed by atoms with Crippen molar-refractivity contribution in [1.29, 1.82) is 0 Å². The summed E-state index contributed by atoms with van der Waals surface area (Å²) in [5.41, 5.74) is 0.368. The quantitative estimate of drug-likeness (QED) is 0.185. The maximum atomic E-state index is 14.6. The summed E-state index contributed by atoms with van der Waals surface area (Å²) in [5, 5.41) is 6.80. The van der Waals surface area contributed by atoms with Gasteiger partial charge in [0.25, 0.3) is 0 Å². The minimum Gasteiger partial charge on any atom is -0.480 e. The van der Waals surface area contributed by atoms with Gasteiger partial charge in [-0.05, 0) is 32.3 Å². The highest BCUT2D eigenvalue weighted by Crippen LogP contribution is 2.45. The minimum atomic E-state index is -4.81. The first kappa shape index (κ1) is 30.3. The molecule has 6 rings (SSSR count). The first-order chi connectivity index (χ1) is 21.2. The molecule has 0 bridgehead atoms. The van der Waals surface area contributed by atoms with Crippen LogP contribution in [0.15, 0.2) is 43.0 Å². The molecule has 4 aromatic heterocycles. The molecule has 4 heterocycles. The van der Waals surface area contributed by atoms with Gasteiger partial charge in [0.15, 0.2) is 22.9 Å². The van der Waals surface area contributed by atoms with E-state index in [2.05, 4.69) is 35.3 Å². The summed E-state index contributed by atoms with van der Waals surface area (Å²) in [4.78, 5) is 21.3. The van der Waals surface area contributed by atoms with Crippen molar-refractivity contribution in [1.82, 2.24) is 39.3 Å². The number of anilines is 1. The fourth-order valence-corrected chi connectivity index (χ4v) is 5.10. The molecule has 0 radical (unpaired) electrons. The topological polar surface area (TPSA) is 108 Å². The number of aromatic nitrogens is 8. The van der Waals surface area contributed by atoms with E-state index in [1.54, 1.807) is 27.1 Å². The third-order valence-corrected chi connectivity index (χ3v) is 7.39. The average Bonchev–Trinajstić information content (AvgIpc) is 3.59. The van der Waals surface area contributed by atoms with Crippen molar-refractivity contribution in [3.63, 3.8) is 0 Å². The smallest absolute Gasteiger partial charge is 0.434 e. The van der Waals surface area contributed by atoms with Crippen LogP contribution in [-0.2, 0) is 13.2 Å². The summed E-state index contributed by atoms with van der Waals surface area (Å²) >= 11 is 0. The molecule has 236 valence electrons. The van der Waals surface area contributed by atoms with Gasteiger partial charge in [0.1, 0.15) is 29.3 Å². The van der Waals surface area contributed by atoms with E-state index in [-0.39, 0.29) is 57.5 Å². The van der Waals surface area contributed by atoms with E-state index in [1.807, 2.05) is 0 Å². The van der Waals surface area contributed by atoms with Crippen LogP contribution in [0.4, 0.5) is 32.2 Å². The van der Waals surface area contributed by atoms with E-state index < -0.39 is 24.1 Å². The SMILES string of the molecule is COc1ncnc(C2CC2)c1-c1nc(N[C@H](c2ccc(-c3nc(C(F)(F)F)cn3C(C)C)cc2)C(F)(F)F)c2nn(C)cc2n1. The number of alkyl halides is 6. The number of fused-ring (bicyclic) bond motifs is 1. The molecule has 0 unspecified atom stereocenters. The van der Waals surface area contributed by atoms with Crippen LogP contribution >= 0.6 is 0 Å². The minimum absolute atomic E-state index is 0.0125. The van der Waals surface area contributed by atoms with Gasteiger partial charge in [-0.1, -0.05) is 24.3 Å². The van der Waals surface area contributed by atoms with Gasteiger partial charge in [-0.2, -0.15) is 31.4 Å². The van der Waals surface area contributed by atoms with Crippen LogP contribution in [0.5, 0.6) is 5.88 Å². The number of imidazole rings is 1. The molecular weight excluding hydrogens is 604 g/mol. The Hall–Kier alpha value is -4.76. The molecule has 1 aliphatic carbocycles. The Balaban J connectivity index is 1.42. The molecule has 1 fully saturated rings. The van der Waals surface area contributed by atoms with Crippen molar-refractivity contribution < 1.29 is 31.1 Å². The van der Waals surface area contributed by atoms with Crippen molar-refractivity contribution in [2.45, 2.75) is 57.0 Å². The van der Waals surface area contributed by atoms with E-state index in [4.69, 9.17) is 4.74 Å². The molecule has 10 nitrogen and oxygen atoms in total. The first-order valence-corrected chi connectivity index (χ1v) is 13.9. The second kappa shape index (κ2) is 11.0. The normalized spacial score (nSPS) is 14.7. The van der Waals surface area contributed by atoms with Gasteiger partial charge in [-0.15, -0.1) is 0 Å². The Bertz CT molecular complexity index is 1860. The highest BCUT2D eigenvalue weighted by molar-refractivity contribution is 5.87. The standard InChI is InChI=1S/C29H27F6N9O/c1-14(2)44-12-19(28(30,31)32)39-26(44)17-9-7-16(8-10-17)23(29(33,34)35)40-25-22-18(11-43(3)42-22)38-24(41-25)20-21(15-5-6-15)36-13-37-27(20)45-4/h7-15,23H,5-6H2,1-4H3,(H,38,40,41)/t23-/m1/s1. The number of benzene rings is 1. The van der Waals surface area contributed by atoms with E-state index >= 15 is 0 Å². The number of aryl methyl sites for hydroxylation is 1. The van der Waals surface area contributed by atoms with E-state index in [9.17, 15) is 26.3 Å². The molecule has 1 atom stereocenters. The van der Waals surface area contributed by atoms with Gasteiger partial charge >= 0.3 is 12.4 Å². The van der Waals surface area contributed by atoms with Crippen molar-refractivity contribution >= 4 is 16.9 Å². The lowest BCUT2D eigenvalue weighted by molar-refractivity contribution is -0.144. The molecule has 1 aromatic carbocycles. The van der Waals surface area contributed by atoms with Crippen LogP contribution in [0, 0.1) is 0 Å². The van der Waals surface area contributed by atoms with Crippen LogP contribution in [0.1, 0.15) is 61.6 Å². The molecular formula is C29H27F6N9O. The zero-order valence-electron chi connectivity index (χ0n) is 24.4. The molecule has 1 N–H and O–H groups in total. The average molecular weight is 632 g/mol. The van der Waals surface area contributed by atoms with E-state index in [0.29, 0.717) is 11.3 Å². The summed E-state index contributed by atoms with van der Waals surface area (Å²) in [7, 11) is 3.03. The number of nitrogens with one attached hydrogen (secondary N) is 1. The van der Waals surface area contributed by atoms with Gasteiger partial charge < -0.3 is 14.6 Å². The summed E-state index contributed by atoms with van der Waals surface area (Å²) in [6.45, 7) is 3.37. The number of rotatable bonds is 8. The van der Waals surface area contributed by atoms with Crippen LogP contribution < -0.4 is 10.1 Å². The maximum Gasteiger partial charge on any atom is 0.434 e. The Labute approximate surface area is 252 Å². The number of nitrogens with zero attached hydrogens (tertiary/aromatic N) is 8. The van der Waals surface area contributed by atoms with Crippen LogP contribution in [0.2, 0.25) is 0 Å². The Kier molecular flexibility index (Phi) is 7.40. The molecule has 1 aliphatic rings. The van der Waals surface area contributed by atoms with Crippen LogP contribution in [0.25, 0.3) is 33.8 Å². The zero-order valence-corrected chi connectivity index (χ0v) is 24.4. The monoisotopic (exact) mass is 631 g/mol. The van der Waals surface area contributed by atoms with Gasteiger partial charge in [0, 0.05) is 30.8 Å². The van der Waals surface area contributed by atoms with Crippen molar-refractivity contribution in [3.05, 3.63) is 59.9 Å². The highest BCUT2D eigenvalue weighted by Gasteiger charge is 2.42. The highest BCUT2D eigenvalue weighted by atomic mass is 19.4. The number of hydrogen-bond donors (Lipinski definition) is 1. The summed E-state index contributed by atoms with van der Waals surface area (Å²) < 4.78 is 92.2. The summed E-state index contributed by atoms with van der Waals surface area (Å²) in [5.74, 6) is 0.204. The van der Waals surface area contributed by atoms with Gasteiger partial charge in [-0.3, -0.25) is 4.68 Å². The zero-order chi connectivity index (χ0) is 32.3. The Morgan fingerprint density at radius 2 is 1.67 bits per heavy atom. The van der Waals surface area contributed by atoms with Gasteiger partial charge in [0.05, 0.1) is 19.0 Å². The maximum absolute atomic E-state index is 14.6. The second-order valence-corrected chi connectivity index (χ2v) is 11.0. The number of hydrogen-bond acceptors (Lipinski definition) is 8. The predicted molar refractivity (Wildman–Crippen MR) is 151 cm³/mol. The third kappa shape index (κ3) is 5.88. The predicted octanol–water partition coefficient (Wildman–Crippen LogP) is 6.89. The summed E-state index contributed by atoms with van der Waals surface area (Å²) in [6.07, 6.45) is -3.91. The second-order valence-electron chi connectivity index (χ2n) is 11.0. The van der Waals surface area contributed by atoms with Crippen molar-refractivity contribution in [3.8, 4) is 28.7 Å². The number of methoxy groups -OCH3 is 1. The van der Waals surface area contributed by atoms with E-state index in [1.165, 1.54) is 47.0 Å². The molecule has 45 heavy (non-hydrogen) atoms. The molecule has 16 heteroatoms. The molecule has 0 aliphatic heterocycles. The molecule has 5 aromatic rings. The lowest BCUT2D eigenvalue weighted by Gasteiger charge is -2.23. The van der Waals surface area contributed by atoms with Crippen molar-refractivity contribution in [2.24, 2.45) is 7.05 Å². The fourth-order valence-electron chi connectivity index (χ4n) is 5.10. The molecule has 0 saturated heterocycles. The summed E-state index contributed by atoms with van der Waals surface area (Å²) in [6, 6.07) is 2.38. The van der Waals surface area contributed by atoms with Crippen LogP contribution in [0.3, 0.4) is 0 Å². The molecule has 1 saturated carbocycles. The van der Waals surface area contributed by atoms with Gasteiger partial charge in [-0.25, -0.2) is 24.9 Å². The van der Waals surface area contributed by atoms with E-state index in [0.717, 1.165) is 19.0 Å². The first-order valence-electron chi connectivity index (χ1n) is 13.9. The lowest BCUT2D eigenvalue weighted by atomic mass is 10.0. The largest absolute Gasteiger partial charge is 0.480 e. The number of halogens is 6.